The number of rotatable bonds is 15. The van der Waals surface area contributed by atoms with Crippen molar-refractivity contribution in [2.24, 2.45) is 9.98 Å². The second kappa shape index (κ2) is 17.7. The van der Waals surface area contributed by atoms with Crippen LogP contribution in [0.25, 0.3) is 0 Å². The largest absolute Gasteiger partial charge is 0.252 e. The van der Waals surface area contributed by atoms with Crippen molar-refractivity contribution < 1.29 is 16.5 Å². The minimum absolute atomic E-state index is 0. The second-order valence-electron chi connectivity index (χ2n) is 8.86. The molecule has 0 heterocycles. The fourth-order valence-corrected chi connectivity index (χ4v) is 3.77. The molecule has 0 unspecified atom stereocenters. The first-order valence-corrected chi connectivity index (χ1v) is 13.0. The zero-order chi connectivity index (χ0) is 23.0. The smallest absolute Gasteiger partial charge is 0.0633 e. The molecule has 2 rings (SSSR count). The molecule has 0 fully saturated rings. The molecule has 0 aromatic heterocycles. The van der Waals surface area contributed by atoms with Crippen LogP contribution in [0.2, 0.25) is 0 Å². The molecule has 0 bridgehead atoms. The fourth-order valence-electron chi connectivity index (χ4n) is 3.77. The number of aryl methyl sites for hydroxylation is 2. The Hall–Kier alpha value is -1.73. The fraction of sp³-hybridized carbons (Fsp3) is 0.533. The molecule has 184 valence electrons. The third kappa shape index (κ3) is 11.3. The van der Waals surface area contributed by atoms with Gasteiger partial charge in [-0.25, -0.2) is 0 Å². The van der Waals surface area contributed by atoms with Gasteiger partial charge in [0.2, 0.25) is 0 Å². The maximum Gasteiger partial charge on any atom is 0.0633 e. The van der Waals surface area contributed by atoms with Crippen molar-refractivity contribution in [3.05, 3.63) is 59.7 Å². The normalized spacial score (nSPS) is 12.0. The topological polar surface area (TPSA) is 24.7 Å². The number of nitrogens with zero attached hydrogens (tertiary/aromatic N) is 2. The average Bonchev–Trinajstić information content (AvgIpc) is 2.83. The summed E-state index contributed by atoms with van der Waals surface area (Å²) in [6, 6.07) is 17.7. The molecular formula is C30H44N2Ni. The summed E-state index contributed by atoms with van der Waals surface area (Å²) in [6.45, 7) is 8.99. The number of benzene rings is 2. The van der Waals surface area contributed by atoms with Gasteiger partial charge in [-0.3, -0.25) is 9.98 Å². The Labute approximate surface area is 213 Å². The molecule has 0 atom stereocenters. The van der Waals surface area contributed by atoms with Crippen LogP contribution in [0.3, 0.4) is 0 Å². The zero-order valence-corrected chi connectivity index (χ0v) is 22.3. The van der Waals surface area contributed by atoms with Crippen LogP contribution in [0.1, 0.15) is 103 Å². The van der Waals surface area contributed by atoms with Gasteiger partial charge >= 0.3 is 0 Å². The average molecular weight is 491 g/mol. The van der Waals surface area contributed by atoms with Crippen molar-refractivity contribution in [2.45, 2.75) is 105 Å². The summed E-state index contributed by atoms with van der Waals surface area (Å²) in [4.78, 5) is 10.2. The quantitative estimate of drug-likeness (QED) is 0.175. The van der Waals surface area contributed by atoms with Crippen molar-refractivity contribution in [3.8, 4) is 0 Å². The Bertz CT molecular complexity index is 748. The van der Waals surface area contributed by atoms with Crippen molar-refractivity contribution in [3.63, 3.8) is 0 Å². The summed E-state index contributed by atoms with van der Waals surface area (Å²) in [5.74, 6) is 0. The maximum absolute atomic E-state index is 5.11. The maximum atomic E-state index is 5.11. The van der Waals surface area contributed by atoms with Crippen LogP contribution in [-0.2, 0) is 29.3 Å². The summed E-state index contributed by atoms with van der Waals surface area (Å²) < 4.78 is 0. The Morgan fingerprint density at radius 2 is 0.848 bits per heavy atom. The number of hydrogen-bond donors (Lipinski definition) is 0. The molecule has 0 radical (unpaired) electrons. The van der Waals surface area contributed by atoms with Gasteiger partial charge < -0.3 is 0 Å². The number of unbranched alkanes of at least 4 members (excludes halogenated alkanes) is 4. The van der Waals surface area contributed by atoms with Gasteiger partial charge in [-0.05, 0) is 86.8 Å². The van der Waals surface area contributed by atoms with Gasteiger partial charge in [0.05, 0.1) is 22.8 Å². The first-order chi connectivity index (χ1) is 15.7. The molecule has 2 aromatic carbocycles. The summed E-state index contributed by atoms with van der Waals surface area (Å²) >= 11 is 0. The monoisotopic (exact) mass is 490 g/mol. The first-order valence-electron chi connectivity index (χ1n) is 13.0. The van der Waals surface area contributed by atoms with E-state index in [4.69, 9.17) is 9.98 Å². The van der Waals surface area contributed by atoms with Crippen LogP contribution >= 0.6 is 0 Å². The van der Waals surface area contributed by atoms with E-state index >= 15 is 0 Å². The van der Waals surface area contributed by atoms with E-state index in [0.29, 0.717) is 0 Å². The van der Waals surface area contributed by atoms with Crippen molar-refractivity contribution in [2.75, 3.05) is 0 Å². The second-order valence-corrected chi connectivity index (χ2v) is 8.86. The van der Waals surface area contributed by atoms with Gasteiger partial charge in [-0.2, -0.15) is 0 Å². The van der Waals surface area contributed by atoms with Crippen LogP contribution in [0.15, 0.2) is 58.5 Å². The van der Waals surface area contributed by atoms with Crippen LogP contribution in [-0.4, -0.2) is 11.4 Å². The molecule has 0 aliphatic rings. The van der Waals surface area contributed by atoms with Gasteiger partial charge in [-0.15, -0.1) is 0 Å². The van der Waals surface area contributed by atoms with Gasteiger partial charge in [0.1, 0.15) is 0 Å². The van der Waals surface area contributed by atoms with Crippen LogP contribution in [0.4, 0.5) is 11.4 Å². The van der Waals surface area contributed by atoms with E-state index in [2.05, 4.69) is 76.2 Å². The summed E-state index contributed by atoms with van der Waals surface area (Å²) in [7, 11) is 0. The van der Waals surface area contributed by atoms with Gasteiger partial charge in [0, 0.05) is 16.5 Å². The molecule has 0 N–H and O–H groups in total. The summed E-state index contributed by atoms with van der Waals surface area (Å²) in [5.41, 5.74) is 7.24. The molecule has 0 amide bonds. The van der Waals surface area contributed by atoms with Gasteiger partial charge in [-0.1, -0.05) is 77.6 Å². The first kappa shape index (κ1) is 29.3. The molecule has 33 heavy (non-hydrogen) atoms. The molecule has 0 saturated carbocycles. The van der Waals surface area contributed by atoms with E-state index in [9.17, 15) is 0 Å². The van der Waals surface area contributed by atoms with Crippen molar-refractivity contribution >= 4 is 22.8 Å². The molecule has 3 heteroatoms. The summed E-state index contributed by atoms with van der Waals surface area (Å²) in [5, 5.41) is 0. The third-order valence-electron chi connectivity index (χ3n) is 5.91. The minimum atomic E-state index is 0. The molecule has 0 spiro atoms. The predicted molar refractivity (Wildman–Crippen MR) is 143 cm³/mol. The SMILES string of the molecule is CCCCC(=Nc1ccc(CCCC)cc1)C(CCCC)=Nc1ccc(CCCC)cc1.[Ni]. The van der Waals surface area contributed by atoms with Crippen molar-refractivity contribution in [1.29, 1.82) is 0 Å². The van der Waals surface area contributed by atoms with Gasteiger partial charge in [0.15, 0.2) is 0 Å². The molecule has 2 nitrogen and oxygen atoms in total. The van der Waals surface area contributed by atoms with E-state index < -0.39 is 0 Å². The Kier molecular flexibility index (Phi) is 15.7. The van der Waals surface area contributed by atoms with E-state index in [1.807, 2.05) is 0 Å². The Balaban J connectivity index is 0.00000544. The van der Waals surface area contributed by atoms with Crippen LogP contribution in [0.5, 0.6) is 0 Å². The molecule has 2 aromatic rings. The van der Waals surface area contributed by atoms with Crippen LogP contribution < -0.4 is 0 Å². The van der Waals surface area contributed by atoms with E-state index in [1.54, 1.807) is 0 Å². The molecule has 0 aliphatic heterocycles. The standard InChI is InChI=1S/C30H44N2.Ni/c1-5-9-13-25-17-21-27(22-18-25)31-29(15-11-7-3)30(16-12-8-4)32-28-23-19-26(20-24-28)14-10-6-2;/h17-24H,5-16H2,1-4H3;. The Morgan fingerprint density at radius 1 is 0.515 bits per heavy atom. The number of hydrogen-bond acceptors (Lipinski definition) is 2. The third-order valence-corrected chi connectivity index (χ3v) is 5.91. The zero-order valence-electron chi connectivity index (χ0n) is 21.3. The number of aliphatic imine (C=N–C) groups is 2. The van der Waals surface area contributed by atoms with Crippen LogP contribution in [0, 0.1) is 0 Å². The van der Waals surface area contributed by atoms with Crippen molar-refractivity contribution in [1.82, 2.24) is 0 Å². The minimum Gasteiger partial charge on any atom is -0.252 e. The van der Waals surface area contributed by atoms with Gasteiger partial charge in [0.25, 0.3) is 0 Å². The molecule has 0 aliphatic carbocycles. The predicted octanol–water partition coefficient (Wildman–Crippen LogP) is 9.59. The Morgan fingerprint density at radius 3 is 1.15 bits per heavy atom. The summed E-state index contributed by atoms with van der Waals surface area (Å²) in [6.07, 6.45) is 13.9. The molecular weight excluding hydrogens is 447 g/mol. The van der Waals surface area contributed by atoms with E-state index in [-0.39, 0.29) is 16.5 Å². The molecule has 0 saturated heterocycles. The van der Waals surface area contributed by atoms with E-state index in [1.165, 1.54) is 49.7 Å². The van der Waals surface area contributed by atoms with E-state index in [0.717, 1.165) is 61.3 Å².